The quantitative estimate of drug-likeness (QED) is 0.357. The number of amidine groups is 1. The van der Waals surface area contributed by atoms with Gasteiger partial charge in [0.25, 0.3) is 0 Å². The van der Waals surface area contributed by atoms with Crippen molar-refractivity contribution >= 4 is 11.7 Å². The summed E-state index contributed by atoms with van der Waals surface area (Å²) in [6, 6.07) is 0. The third kappa shape index (κ3) is 3.57. The minimum absolute atomic E-state index is 0.0224. The van der Waals surface area contributed by atoms with Crippen molar-refractivity contribution in [1.29, 1.82) is 0 Å². The van der Waals surface area contributed by atoms with E-state index < -0.39 is 0 Å². The summed E-state index contributed by atoms with van der Waals surface area (Å²) >= 11 is 0. The fraction of sp³-hybridized carbons (Fsp3) is 0.615. The van der Waals surface area contributed by atoms with Gasteiger partial charge in [0, 0.05) is 32.7 Å². The molecule has 0 aromatic carbocycles. The zero-order chi connectivity index (χ0) is 14.5. The first-order valence-corrected chi connectivity index (χ1v) is 6.87. The average molecular weight is 278 g/mol. The second-order valence-electron chi connectivity index (χ2n) is 5.43. The Kier molecular flexibility index (Phi) is 4.73. The summed E-state index contributed by atoms with van der Waals surface area (Å²) in [5.74, 6) is 1.51. The summed E-state index contributed by atoms with van der Waals surface area (Å²) in [5, 5.41) is 11.5. The molecular formula is C13H22N6O. The summed E-state index contributed by atoms with van der Waals surface area (Å²) in [5.41, 5.74) is 5.85. The smallest absolute Gasteiger partial charge is 0.190 e. The highest BCUT2D eigenvalue weighted by Gasteiger charge is 2.18. The molecule has 1 aliphatic heterocycles. The molecule has 0 amide bonds. The molecular weight excluding hydrogens is 256 g/mol. The van der Waals surface area contributed by atoms with Crippen molar-refractivity contribution in [3.05, 3.63) is 18.1 Å². The first kappa shape index (κ1) is 14.5. The van der Waals surface area contributed by atoms with Gasteiger partial charge in [0.05, 0.1) is 12.4 Å². The summed E-state index contributed by atoms with van der Waals surface area (Å²) in [6.45, 7) is 9.60. The van der Waals surface area contributed by atoms with E-state index in [-0.39, 0.29) is 5.84 Å². The fourth-order valence-corrected chi connectivity index (χ4v) is 2.34. The minimum atomic E-state index is -0.0224. The Morgan fingerprint density at radius 2 is 2.00 bits per heavy atom. The molecule has 1 saturated heterocycles. The summed E-state index contributed by atoms with van der Waals surface area (Å²) in [7, 11) is 0. The van der Waals surface area contributed by atoms with Gasteiger partial charge in [-0.1, -0.05) is 19.0 Å². The molecule has 20 heavy (non-hydrogen) atoms. The highest BCUT2D eigenvalue weighted by Crippen LogP contribution is 2.13. The molecule has 0 spiro atoms. The van der Waals surface area contributed by atoms with Crippen LogP contribution in [-0.2, 0) is 0 Å². The average Bonchev–Trinajstić information content (AvgIpc) is 2.47. The Labute approximate surface area is 119 Å². The highest BCUT2D eigenvalue weighted by molar-refractivity contribution is 5.94. The van der Waals surface area contributed by atoms with Crippen LogP contribution in [0.25, 0.3) is 0 Å². The van der Waals surface area contributed by atoms with Crippen LogP contribution in [0.5, 0.6) is 0 Å². The molecule has 2 heterocycles. The van der Waals surface area contributed by atoms with Gasteiger partial charge in [-0.05, 0) is 5.92 Å². The van der Waals surface area contributed by atoms with Gasteiger partial charge < -0.3 is 15.8 Å². The van der Waals surface area contributed by atoms with Gasteiger partial charge >= 0.3 is 0 Å². The van der Waals surface area contributed by atoms with E-state index in [1.54, 1.807) is 6.20 Å². The van der Waals surface area contributed by atoms with E-state index in [0.717, 1.165) is 38.5 Å². The van der Waals surface area contributed by atoms with Gasteiger partial charge in [-0.2, -0.15) is 0 Å². The van der Waals surface area contributed by atoms with Crippen LogP contribution in [0.3, 0.4) is 0 Å². The van der Waals surface area contributed by atoms with Gasteiger partial charge in [-0.15, -0.1) is 0 Å². The zero-order valence-corrected chi connectivity index (χ0v) is 12.0. The van der Waals surface area contributed by atoms with E-state index in [9.17, 15) is 0 Å². The van der Waals surface area contributed by atoms with Crippen molar-refractivity contribution in [3.8, 4) is 0 Å². The number of hydrogen-bond donors (Lipinski definition) is 2. The number of hydrogen-bond acceptors (Lipinski definition) is 6. The van der Waals surface area contributed by atoms with Crippen molar-refractivity contribution in [2.24, 2.45) is 16.8 Å². The molecule has 1 aliphatic rings. The van der Waals surface area contributed by atoms with Crippen LogP contribution >= 0.6 is 0 Å². The summed E-state index contributed by atoms with van der Waals surface area (Å²) in [4.78, 5) is 13.2. The number of anilines is 1. The van der Waals surface area contributed by atoms with Crippen molar-refractivity contribution < 1.29 is 5.21 Å². The fourth-order valence-electron chi connectivity index (χ4n) is 2.34. The van der Waals surface area contributed by atoms with E-state index in [2.05, 4.69) is 38.8 Å². The number of rotatable bonds is 4. The molecule has 0 radical (unpaired) electrons. The number of aromatic nitrogens is 2. The Hall–Kier alpha value is -1.89. The lowest BCUT2D eigenvalue weighted by molar-refractivity contribution is 0.231. The topological polar surface area (TPSA) is 90.9 Å². The van der Waals surface area contributed by atoms with E-state index in [1.807, 2.05) is 0 Å². The molecule has 0 unspecified atom stereocenters. The third-order valence-electron chi connectivity index (χ3n) is 3.33. The van der Waals surface area contributed by atoms with Gasteiger partial charge in [0.2, 0.25) is 0 Å². The molecule has 2 rings (SSSR count). The standard InChI is InChI=1S/C13H22N6O/c1-10(2)9-18-3-5-19(6-4-18)12-8-15-11(7-16-12)13(14)17-20/h7-8,10,20H,3-6,9H2,1-2H3,(H2,14,17). The lowest BCUT2D eigenvalue weighted by Crippen LogP contribution is -2.47. The van der Waals surface area contributed by atoms with Crippen LogP contribution in [0.2, 0.25) is 0 Å². The van der Waals surface area contributed by atoms with E-state index >= 15 is 0 Å². The van der Waals surface area contributed by atoms with E-state index in [0.29, 0.717) is 11.6 Å². The normalized spacial score (nSPS) is 17.8. The molecule has 0 aliphatic carbocycles. The molecule has 0 saturated carbocycles. The Morgan fingerprint density at radius 1 is 1.30 bits per heavy atom. The van der Waals surface area contributed by atoms with E-state index in [1.165, 1.54) is 6.20 Å². The van der Waals surface area contributed by atoms with Gasteiger partial charge in [0.1, 0.15) is 11.5 Å². The lowest BCUT2D eigenvalue weighted by atomic mass is 10.2. The van der Waals surface area contributed by atoms with Crippen LogP contribution in [0.1, 0.15) is 19.5 Å². The van der Waals surface area contributed by atoms with Gasteiger partial charge in [-0.3, -0.25) is 4.90 Å². The molecule has 1 aromatic heterocycles. The van der Waals surface area contributed by atoms with Crippen molar-refractivity contribution in [2.75, 3.05) is 37.6 Å². The van der Waals surface area contributed by atoms with Crippen LogP contribution in [0, 0.1) is 5.92 Å². The monoisotopic (exact) mass is 278 g/mol. The number of piperazine rings is 1. The Balaban J connectivity index is 1.94. The molecule has 1 aromatic rings. The largest absolute Gasteiger partial charge is 0.409 e. The summed E-state index contributed by atoms with van der Waals surface area (Å²) in [6.07, 6.45) is 3.20. The predicted molar refractivity (Wildman–Crippen MR) is 78.0 cm³/mol. The van der Waals surface area contributed by atoms with Crippen molar-refractivity contribution in [1.82, 2.24) is 14.9 Å². The molecule has 1 fully saturated rings. The second-order valence-corrected chi connectivity index (χ2v) is 5.43. The van der Waals surface area contributed by atoms with Gasteiger partial charge in [-0.25, -0.2) is 9.97 Å². The first-order chi connectivity index (χ1) is 9.60. The Morgan fingerprint density at radius 3 is 2.50 bits per heavy atom. The van der Waals surface area contributed by atoms with Crippen LogP contribution in [0.4, 0.5) is 5.82 Å². The van der Waals surface area contributed by atoms with Crippen molar-refractivity contribution in [3.63, 3.8) is 0 Å². The zero-order valence-electron chi connectivity index (χ0n) is 12.0. The maximum atomic E-state index is 8.59. The second kappa shape index (κ2) is 6.51. The molecule has 7 heteroatoms. The molecule has 7 nitrogen and oxygen atoms in total. The number of nitrogens with two attached hydrogens (primary N) is 1. The van der Waals surface area contributed by atoms with E-state index in [4.69, 9.17) is 10.9 Å². The number of oxime groups is 1. The van der Waals surface area contributed by atoms with Gasteiger partial charge in [0.15, 0.2) is 5.84 Å². The molecule has 110 valence electrons. The highest BCUT2D eigenvalue weighted by atomic mass is 16.4. The van der Waals surface area contributed by atoms with Crippen molar-refractivity contribution in [2.45, 2.75) is 13.8 Å². The molecule has 0 bridgehead atoms. The maximum absolute atomic E-state index is 8.59. The minimum Gasteiger partial charge on any atom is -0.409 e. The summed E-state index contributed by atoms with van der Waals surface area (Å²) < 4.78 is 0. The molecule has 3 N–H and O–H groups in total. The molecule has 0 atom stereocenters. The third-order valence-corrected chi connectivity index (χ3v) is 3.33. The van der Waals surface area contributed by atoms with Crippen LogP contribution < -0.4 is 10.6 Å². The first-order valence-electron chi connectivity index (χ1n) is 6.87. The van der Waals surface area contributed by atoms with Crippen LogP contribution in [0.15, 0.2) is 17.5 Å². The SMILES string of the molecule is CC(C)CN1CCN(c2cnc(C(N)=NO)cn2)CC1. The predicted octanol–water partition coefficient (Wildman–Crippen LogP) is 0.349. The lowest BCUT2D eigenvalue weighted by Gasteiger charge is -2.36. The number of nitrogens with zero attached hydrogens (tertiary/aromatic N) is 5. The Bertz CT molecular complexity index is 450. The van der Waals surface area contributed by atoms with Crippen LogP contribution in [-0.4, -0.2) is 58.6 Å². The maximum Gasteiger partial charge on any atom is 0.190 e.